The van der Waals surface area contributed by atoms with Crippen LogP contribution >= 0.6 is 0 Å². The summed E-state index contributed by atoms with van der Waals surface area (Å²) < 4.78 is 21.9. The molecule has 0 aromatic carbocycles. The van der Waals surface area contributed by atoms with Gasteiger partial charge < -0.3 is 29.2 Å². The van der Waals surface area contributed by atoms with Crippen molar-refractivity contribution in [3.63, 3.8) is 0 Å². The average Bonchev–Trinajstić information content (AvgIpc) is 3.76. The Hall–Kier alpha value is -1.74. The molecule has 5 rings (SSSR count). The highest BCUT2D eigenvalue weighted by Gasteiger charge is 3.10. The van der Waals surface area contributed by atoms with Crippen LogP contribution in [-0.4, -0.2) is 74.0 Å². The lowest BCUT2D eigenvalue weighted by molar-refractivity contribution is -0.144. The van der Waals surface area contributed by atoms with Crippen molar-refractivity contribution in [2.24, 2.45) is 39.4 Å². The van der Waals surface area contributed by atoms with Crippen LogP contribution in [0.3, 0.4) is 0 Å². The lowest BCUT2D eigenvalue weighted by Crippen LogP contribution is -2.37. The number of fused-ring (bicyclic) bond motifs is 2. The molecule has 5 aliphatic carbocycles. The Morgan fingerprint density at radius 1 is 0.865 bits per heavy atom. The SMILES string of the molecule is C=C(C)C(=O)OCC(O)COCC1(C)CCC2C(C1)C1CC13C1(COCC(O)COC(=O)C(=C)C)CC213. The molecule has 9 unspecified atom stereocenters. The highest BCUT2D eigenvalue weighted by molar-refractivity contribution is 5.87. The van der Waals surface area contributed by atoms with E-state index in [0.717, 1.165) is 30.6 Å². The van der Waals surface area contributed by atoms with Gasteiger partial charge in [-0.2, -0.15) is 0 Å². The van der Waals surface area contributed by atoms with Crippen LogP contribution in [-0.2, 0) is 28.5 Å². The van der Waals surface area contributed by atoms with Crippen molar-refractivity contribution in [3.05, 3.63) is 24.3 Å². The average molecular weight is 519 g/mol. The van der Waals surface area contributed by atoms with Gasteiger partial charge in [-0.05, 0) is 80.0 Å². The number of aliphatic hydroxyl groups excluding tert-OH is 2. The smallest absolute Gasteiger partial charge is 0.333 e. The Bertz CT molecular complexity index is 992. The molecule has 0 aromatic rings. The van der Waals surface area contributed by atoms with Gasteiger partial charge in [0.1, 0.15) is 25.4 Å². The number of ether oxygens (including phenoxy) is 4. The molecule has 0 aromatic heterocycles. The van der Waals surface area contributed by atoms with Crippen LogP contribution in [0.25, 0.3) is 0 Å². The van der Waals surface area contributed by atoms with Crippen LogP contribution in [0.5, 0.6) is 0 Å². The number of rotatable bonds is 14. The van der Waals surface area contributed by atoms with E-state index in [-0.39, 0.29) is 31.8 Å². The van der Waals surface area contributed by atoms with E-state index in [4.69, 9.17) is 18.9 Å². The monoisotopic (exact) mass is 518 g/mol. The summed E-state index contributed by atoms with van der Waals surface area (Å²) in [5, 5.41) is 20.2. The zero-order valence-electron chi connectivity index (χ0n) is 22.4. The molecule has 0 aliphatic heterocycles. The predicted molar refractivity (Wildman–Crippen MR) is 134 cm³/mol. The van der Waals surface area contributed by atoms with Gasteiger partial charge in [-0.3, -0.25) is 0 Å². The van der Waals surface area contributed by atoms with Crippen LogP contribution in [0.2, 0.25) is 0 Å². The number of aliphatic hydroxyl groups is 2. The number of hydrogen-bond acceptors (Lipinski definition) is 8. The normalized spacial score (nSPS) is 41.3. The highest BCUT2D eigenvalue weighted by Crippen LogP contribution is 3.13. The standard InChI is InChI=1S/C29H42O8/c1-17(2)24(32)36-12-19(30)10-34-15-26(5)7-6-22-21(8-26)23-9-28(23)27(14-29(22,27)28)16-35-11-20(31)13-37-25(33)18(3)4/h19-23,30-31H,1,3,6-16H2,2,4-5H3. The van der Waals surface area contributed by atoms with Gasteiger partial charge in [0, 0.05) is 16.6 Å². The Kier molecular flexibility index (Phi) is 6.66. The Morgan fingerprint density at radius 3 is 2.00 bits per heavy atom. The lowest BCUT2D eigenvalue weighted by atomic mass is 9.64. The second-order valence-corrected chi connectivity index (χ2v) is 12.9. The first-order chi connectivity index (χ1) is 17.4. The Morgan fingerprint density at radius 2 is 1.43 bits per heavy atom. The summed E-state index contributed by atoms with van der Waals surface area (Å²) in [6.07, 6.45) is 4.39. The van der Waals surface area contributed by atoms with Crippen molar-refractivity contribution >= 4 is 11.9 Å². The van der Waals surface area contributed by atoms with Gasteiger partial charge >= 0.3 is 11.9 Å². The maximum Gasteiger partial charge on any atom is 0.333 e. The maximum absolute atomic E-state index is 11.5. The summed E-state index contributed by atoms with van der Waals surface area (Å²) in [6, 6.07) is 0. The minimum Gasteiger partial charge on any atom is -0.460 e. The lowest BCUT2D eigenvalue weighted by Gasteiger charge is -2.42. The van der Waals surface area contributed by atoms with Gasteiger partial charge in [-0.1, -0.05) is 20.1 Å². The number of esters is 2. The number of hydrogen-bond donors (Lipinski definition) is 2. The van der Waals surface area contributed by atoms with Gasteiger partial charge in [0.05, 0.1) is 26.4 Å². The van der Waals surface area contributed by atoms with Crippen LogP contribution in [0.15, 0.2) is 24.3 Å². The molecule has 5 saturated carbocycles. The molecule has 5 aliphatic rings. The molecule has 0 saturated heterocycles. The molecule has 0 amide bonds. The van der Waals surface area contributed by atoms with Crippen molar-refractivity contribution in [2.45, 2.75) is 65.1 Å². The van der Waals surface area contributed by atoms with Crippen molar-refractivity contribution < 1.29 is 38.7 Å². The van der Waals surface area contributed by atoms with E-state index in [2.05, 4.69) is 20.1 Å². The van der Waals surface area contributed by atoms with Crippen LogP contribution in [0.1, 0.15) is 52.9 Å². The van der Waals surface area contributed by atoms with Crippen LogP contribution < -0.4 is 0 Å². The molecule has 8 nitrogen and oxygen atoms in total. The number of carbonyl (C=O) groups is 2. The van der Waals surface area contributed by atoms with E-state index in [1.165, 1.54) is 19.3 Å². The van der Waals surface area contributed by atoms with Gasteiger partial charge in [0.25, 0.3) is 0 Å². The quantitative estimate of drug-likeness (QED) is 0.267. The fraction of sp³-hybridized carbons (Fsp3) is 0.793. The zero-order valence-corrected chi connectivity index (χ0v) is 22.4. The van der Waals surface area contributed by atoms with Gasteiger partial charge in [0.2, 0.25) is 0 Å². The molecule has 2 N–H and O–H groups in total. The minimum atomic E-state index is -0.836. The van der Waals surface area contributed by atoms with Crippen molar-refractivity contribution in [1.82, 2.24) is 0 Å². The first kappa shape index (κ1) is 26.9. The molecular weight excluding hydrogens is 476 g/mol. The van der Waals surface area contributed by atoms with Crippen LogP contribution in [0.4, 0.5) is 0 Å². The van der Waals surface area contributed by atoms with E-state index in [1.807, 2.05) is 0 Å². The van der Waals surface area contributed by atoms with Gasteiger partial charge in [-0.15, -0.1) is 0 Å². The minimum absolute atomic E-state index is 0.0698. The topological polar surface area (TPSA) is 112 Å². The van der Waals surface area contributed by atoms with Crippen LogP contribution in [0, 0.1) is 39.4 Å². The fourth-order valence-electron chi connectivity index (χ4n) is 8.74. The van der Waals surface area contributed by atoms with E-state index < -0.39 is 24.1 Å². The van der Waals surface area contributed by atoms with E-state index in [9.17, 15) is 19.8 Å². The van der Waals surface area contributed by atoms with E-state index >= 15 is 0 Å². The summed E-state index contributed by atoms with van der Waals surface area (Å²) >= 11 is 0. The molecule has 0 radical (unpaired) electrons. The molecule has 8 heteroatoms. The third-order valence-corrected chi connectivity index (χ3v) is 10.3. The molecular formula is C29H42O8. The van der Waals surface area contributed by atoms with Gasteiger partial charge in [-0.25, -0.2) is 9.59 Å². The summed E-state index contributed by atoms with van der Waals surface area (Å²) in [7, 11) is 0. The Balaban J connectivity index is 1.04. The van der Waals surface area contributed by atoms with E-state index in [0.29, 0.717) is 40.6 Å². The first-order valence-corrected chi connectivity index (χ1v) is 13.6. The molecule has 37 heavy (non-hydrogen) atoms. The third-order valence-electron chi connectivity index (χ3n) is 10.3. The molecule has 2 spiro atoms. The van der Waals surface area contributed by atoms with E-state index in [1.54, 1.807) is 13.8 Å². The third kappa shape index (κ3) is 4.10. The first-order valence-electron chi connectivity index (χ1n) is 13.6. The predicted octanol–water partition coefficient (Wildman–Crippen LogP) is 2.81. The van der Waals surface area contributed by atoms with Crippen molar-refractivity contribution in [2.75, 3.05) is 39.6 Å². The zero-order chi connectivity index (χ0) is 26.8. The highest BCUT2D eigenvalue weighted by atomic mass is 16.6. The molecule has 9 atom stereocenters. The fourth-order valence-corrected chi connectivity index (χ4v) is 8.74. The summed E-state index contributed by atoms with van der Waals surface area (Å²) in [5.74, 6) is 1.30. The summed E-state index contributed by atoms with van der Waals surface area (Å²) in [4.78, 5) is 23.0. The molecule has 0 heterocycles. The second-order valence-electron chi connectivity index (χ2n) is 12.9. The molecule has 0 bridgehead atoms. The van der Waals surface area contributed by atoms with Gasteiger partial charge in [0.15, 0.2) is 0 Å². The molecule has 5 fully saturated rings. The second kappa shape index (κ2) is 9.18. The summed E-state index contributed by atoms with van der Waals surface area (Å²) in [6.45, 7) is 14.0. The largest absolute Gasteiger partial charge is 0.460 e. The summed E-state index contributed by atoms with van der Waals surface area (Å²) in [5.41, 5.74) is 1.98. The van der Waals surface area contributed by atoms with Crippen molar-refractivity contribution in [3.8, 4) is 0 Å². The number of carbonyl (C=O) groups excluding carboxylic acids is 2. The van der Waals surface area contributed by atoms with Crippen molar-refractivity contribution in [1.29, 1.82) is 0 Å². The maximum atomic E-state index is 11.5. The Labute approximate surface area is 219 Å². The molecule has 206 valence electrons.